The van der Waals surface area contributed by atoms with E-state index >= 15 is 0 Å². The van der Waals surface area contributed by atoms with Crippen LogP contribution in [0.15, 0.2) is 48.8 Å². The number of ether oxygens (including phenoxy) is 2. The molecule has 1 N–H and O–H groups in total. The zero-order chi connectivity index (χ0) is 17.9. The van der Waals surface area contributed by atoms with Crippen LogP contribution in [0.4, 0.5) is 0 Å². The number of benzene rings is 1. The minimum absolute atomic E-state index is 0.175. The lowest BCUT2D eigenvalue weighted by Gasteiger charge is -2.35. The molecule has 2 heterocycles. The first-order valence-corrected chi connectivity index (χ1v) is 9.32. The molecule has 5 nitrogen and oxygen atoms in total. The predicted octanol–water partition coefficient (Wildman–Crippen LogP) is 2.74. The summed E-state index contributed by atoms with van der Waals surface area (Å²) in [5, 5.41) is 10.6. The van der Waals surface area contributed by atoms with E-state index in [0.29, 0.717) is 23.3 Å². The number of aromatic nitrogens is 1. The number of para-hydroxylation sites is 2. The minimum Gasteiger partial charge on any atom is -0.493 e. The van der Waals surface area contributed by atoms with Crippen molar-refractivity contribution in [3.63, 3.8) is 0 Å². The van der Waals surface area contributed by atoms with Gasteiger partial charge in [0.05, 0.1) is 13.2 Å². The highest BCUT2D eigenvalue weighted by Crippen LogP contribution is 2.39. The summed E-state index contributed by atoms with van der Waals surface area (Å²) in [5.74, 6) is 2.53. The highest BCUT2D eigenvalue weighted by molar-refractivity contribution is 5.39. The molecule has 4 atom stereocenters. The molecule has 1 aliphatic carbocycles. The highest BCUT2D eigenvalue weighted by atomic mass is 16.5. The maximum Gasteiger partial charge on any atom is 0.161 e. The van der Waals surface area contributed by atoms with E-state index in [4.69, 9.17) is 9.47 Å². The molecule has 0 bridgehead atoms. The lowest BCUT2D eigenvalue weighted by molar-refractivity contribution is -0.0240. The van der Waals surface area contributed by atoms with Gasteiger partial charge in [0.1, 0.15) is 6.10 Å². The van der Waals surface area contributed by atoms with Crippen LogP contribution in [0.1, 0.15) is 18.4 Å². The fraction of sp³-hybridized carbons (Fsp3) is 0.476. The van der Waals surface area contributed by atoms with E-state index in [2.05, 4.69) is 16.0 Å². The van der Waals surface area contributed by atoms with Gasteiger partial charge in [-0.15, -0.1) is 0 Å². The number of aliphatic hydroxyl groups excluding tert-OH is 1. The van der Waals surface area contributed by atoms with Gasteiger partial charge in [0.15, 0.2) is 11.5 Å². The molecule has 26 heavy (non-hydrogen) atoms. The Kier molecular flexibility index (Phi) is 5.09. The molecule has 138 valence electrons. The smallest absolute Gasteiger partial charge is 0.161 e. The van der Waals surface area contributed by atoms with E-state index in [9.17, 15) is 5.11 Å². The lowest BCUT2D eigenvalue weighted by Crippen LogP contribution is -2.42. The molecule has 2 fully saturated rings. The summed E-state index contributed by atoms with van der Waals surface area (Å²) in [6.45, 7) is 3.02. The molecule has 1 aliphatic heterocycles. The molecule has 5 heteroatoms. The maximum atomic E-state index is 10.6. The van der Waals surface area contributed by atoms with Gasteiger partial charge in [0, 0.05) is 32.0 Å². The predicted molar refractivity (Wildman–Crippen MR) is 99.1 cm³/mol. The Balaban J connectivity index is 1.40. The highest BCUT2D eigenvalue weighted by Gasteiger charge is 2.42. The molecular formula is C21H26N2O3. The SMILES string of the molecule is COc1ccccc1O[C@@H]1C[C@@H]2CN(Cc3cccnc3)C[C@@H]2C[C@H]1O. The van der Waals surface area contributed by atoms with Crippen molar-refractivity contribution in [2.24, 2.45) is 11.8 Å². The zero-order valence-corrected chi connectivity index (χ0v) is 15.1. The molecule has 2 aliphatic rings. The third-order valence-corrected chi connectivity index (χ3v) is 5.64. The molecule has 1 saturated carbocycles. The Morgan fingerprint density at radius 2 is 1.85 bits per heavy atom. The molecule has 1 saturated heterocycles. The molecule has 1 aromatic heterocycles. The number of fused-ring (bicyclic) bond motifs is 1. The van der Waals surface area contributed by atoms with E-state index in [0.717, 1.165) is 32.5 Å². The van der Waals surface area contributed by atoms with Crippen LogP contribution in [0, 0.1) is 11.8 Å². The standard InChI is InChI=1S/C21H26N2O3/c1-25-19-6-2-3-7-20(19)26-21-10-17-14-23(13-16(17)9-18(21)24)12-15-5-4-8-22-11-15/h2-8,11,16-18,21,24H,9-10,12-14H2,1H3/t16-,17+,18+,21+/m0/s1. The summed E-state index contributed by atoms with van der Waals surface area (Å²) in [4.78, 5) is 6.68. The second kappa shape index (κ2) is 7.64. The number of rotatable bonds is 5. The summed E-state index contributed by atoms with van der Waals surface area (Å²) in [6, 6.07) is 11.8. The quantitative estimate of drug-likeness (QED) is 0.895. The van der Waals surface area contributed by atoms with Crippen LogP contribution in [-0.4, -0.2) is 47.4 Å². The van der Waals surface area contributed by atoms with Crippen LogP contribution in [0.3, 0.4) is 0 Å². The molecule has 0 radical (unpaired) electrons. The van der Waals surface area contributed by atoms with Crippen LogP contribution in [0.5, 0.6) is 11.5 Å². The average Bonchev–Trinajstić information content (AvgIpc) is 3.04. The van der Waals surface area contributed by atoms with Crippen LogP contribution in [0.2, 0.25) is 0 Å². The van der Waals surface area contributed by atoms with Crippen molar-refractivity contribution < 1.29 is 14.6 Å². The van der Waals surface area contributed by atoms with E-state index in [-0.39, 0.29) is 6.10 Å². The third kappa shape index (κ3) is 3.69. The number of hydrogen-bond donors (Lipinski definition) is 1. The van der Waals surface area contributed by atoms with Gasteiger partial charge in [-0.1, -0.05) is 18.2 Å². The first kappa shape index (κ1) is 17.3. The number of hydrogen-bond acceptors (Lipinski definition) is 5. The minimum atomic E-state index is -0.431. The van der Waals surface area contributed by atoms with Crippen molar-refractivity contribution in [2.45, 2.75) is 31.6 Å². The summed E-state index contributed by atoms with van der Waals surface area (Å²) in [6.07, 6.45) is 4.82. The van der Waals surface area contributed by atoms with Gasteiger partial charge in [0.25, 0.3) is 0 Å². The van der Waals surface area contributed by atoms with Crippen LogP contribution < -0.4 is 9.47 Å². The van der Waals surface area contributed by atoms with Gasteiger partial charge in [-0.05, 0) is 48.4 Å². The van der Waals surface area contributed by atoms with Crippen molar-refractivity contribution in [1.82, 2.24) is 9.88 Å². The molecule has 0 amide bonds. The first-order chi connectivity index (χ1) is 12.7. The van der Waals surface area contributed by atoms with Crippen molar-refractivity contribution in [3.8, 4) is 11.5 Å². The Bertz CT molecular complexity index is 724. The van der Waals surface area contributed by atoms with E-state index < -0.39 is 6.10 Å². The zero-order valence-electron chi connectivity index (χ0n) is 15.1. The number of likely N-dealkylation sites (tertiary alicyclic amines) is 1. The molecule has 0 spiro atoms. The second-order valence-corrected chi connectivity index (χ2v) is 7.42. The van der Waals surface area contributed by atoms with Gasteiger partial charge in [-0.25, -0.2) is 0 Å². The molecule has 2 aromatic rings. The van der Waals surface area contributed by atoms with Gasteiger partial charge in [-0.2, -0.15) is 0 Å². The van der Waals surface area contributed by atoms with Crippen molar-refractivity contribution in [3.05, 3.63) is 54.4 Å². The fourth-order valence-electron chi connectivity index (χ4n) is 4.37. The normalized spacial score (nSPS) is 28.5. The van der Waals surface area contributed by atoms with Crippen LogP contribution in [0.25, 0.3) is 0 Å². The molecule has 4 rings (SSSR count). The van der Waals surface area contributed by atoms with Crippen molar-refractivity contribution in [1.29, 1.82) is 0 Å². The van der Waals surface area contributed by atoms with Crippen LogP contribution in [-0.2, 0) is 6.54 Å². The van der Waals surface area contributed by atoms with Gasteiger partial charge >= 0.3 is 0 Å². The Morgan fingerprint density at radius 1 is 1.08 bits per heavy atom. The largest absolute Gasteiger partial charge is 0.493 e. The van der Waals surface area contributed by atoms with Crippen LogP contribution >= 0.6 is 0 Å². The van der Waals surface area contributed by atoms with Gasteiger partial charge in [-0.3, -0.25) is 9.88 Å². The number of pyridine rings is 1. The summed E-state index contributed by atoms with van der Waals surface area (Å²) in [5.41, 5.74) is 1.24. The van der Waals surface area contributed by atoms with Crippen molar-refractivity contribution >= 4 is 0 Å². The summed E-state index contributed by atoms with van der Waals surface area (Å²) in [7, 11) is 1.64. The lowest BCUT2D eigenvalue weighted by atomic mass is 9.78. The number of methoxy groups -OCH3 is 1. The van der Waals surface area contributed by atoms with E-state index in [1.807, 2.05) is 42.7 Å². The Hall–Kier alpha value is -2.11. The van der Waals surface area contributed by atoms with E-state index in [1.54, 1.807) is 7.11 Å². The number of nitrogens with zero attached hydrogens (tertiary/aromatic N) is 2. The molecule has 1 aromatic carbocycles. The molecular weight excluding hydrogens is 328 g/mol. The van der Waals surface area contributed by atoms with Gasteiger partial charge in [0.2, 0.25) is 0 Å². The Labute approximate surface area is 154 Å². The topological polar surface area (TPSA) is 54.8 Å². The average molecular weight is 354 g/mol. The van der Waals surface area contributed by atoms with Gasteiger partial charge < -0.3 is 14.6 Å². The van der Waals surface area contributed by atoms with Crippen molar-refractivity contribution in [2.75, 3.05) is 20.2 Å². The first-order valence-electron chi connectivity index (χ1n) is 9.32. The van der Waals surface area contributed by atoms with E-state index in [1.165, 1.54) is 5.56 Å². The second-order valence-electron chi connectivity index (χ2n) is 7.42. The summed E-state index contributed by atoms with van der Waals surface area (Å²) >= 11 is 0. The third-order valence-electron chi connectivity index (χ3n) is 5.64. The maximum absolute atomic E-state index is 10.6. The number of aliphatic hydroxyl groups is 1. The monoisotopic (exact) mass is 354 g/mol. The molecule has 0 unspecified atom stereocenters. The Morgan fingerprint density at radius 3 is 2.58 bits per heavy atom. The fourth-order valence-corrected chi connectivity index (χ4v) is 4.37. The summed E-state index contributed by atoms with van der Waals surface area (Å²) < 4.78 is 11.5.